The number of aromatic nitrogens is 1. The fourth-order valence-electron chi connectivity index (χ4n) is 2.67. The van der Waals surface area contributed by atoms with E-state index < -0.39 is 22.0 Å². The number of anilines is 3. The number of carbonyl (C=O) groups excluding carboxylic acids is 1. The van der Waals surface area contributed by atoms with Gasteiger partial charge in [-0.3, -0.25) is 9.00 Å². The largest absolute Gasteiger partial charge is 0.396 e. The van der Waals surface area contributed by atoms with Crippen molar-refractivity contribution < 1.29 is 14.1 Å². The van der Waals surface area contributed by atoms with E-state index >= 15 is 0 Å². The Morgan fingerprint density at radius 2 is 1.81 bits per heavy atom. The molecule has 1 aromatic heterocycles. The average molecular weight is 498 g/mol. The third-order valence-corrected chi connectivity index (χ3v) is 7.82. The van der Waals surface area contributed by atoms with Crippen LogP contribution in [-0.2, 0) is 10.8 Å². The van der Waals surface area contributed by atoms with Crippen LogP contribution in [0.5, 0.6) is 0 Å². The number of thiazole rings is 1. The molecule has 2 aromatic carbocycles. The summed E-state index contributed by atoms with van der Waals surface area (Å²) >= 11 is 13.4. The molecule has 0 amide bonds. The van der Waals surface area contributed by atoms with Gasteiger partial charge in [-0.2, -0.15) is 0 Å². The smallest absolute Gasteiger partial charge is 0.209 e. The Bertz CT molecular complexity index is 1110. The summed E-state index contributed by atoms with van der Waals surface area (Å²) in [6, 6.07) is 11.9. The first-order valence-electron chi connectivity index (χ1n) is 9.22. The predicted molar refractivity (Wildman–Crippen MR) is 128 cm³/mol. The Morgan fingerprint density at radius 1 is 1.19 bits per heavy atom. The highest BCUT2D eigenvalue weighted by molar-refractivity contribution is 7.85. The summed E-state index contributed by atoms with van der Waals surface area (Å²) in [6.07, 6.45) is 0. The monoisotopic (exact) mass is 497 g/mol. The molecule has 0 aliphatic heterocycles. The van der Waals surface area contributed by atoms with Crippen LogP contribution < -0.4 is 11.1 Å². The van der Waals surface area contributed by atoms with Gasteiger partial charge in [0.05, 0.1) is 26.4 Å². The normalized spacial score (nSPS) is 12.5. The van der Waals surface area contributed by atoms with Crippen LogP contribution in [0, 0.1) is 5.41 Å². The number of rotatable bonds is 8. The Morgan fingerprint density at radius 3 is 2.39 bits per heavy atom. The average Bonchev–Trinajstić information content (AvgIpc) is 3.08. The van der Waals surface area contributed by atoms with Gasteiger partial charge in [-0.05, 0) is 41.8 Å². The van der Waals surface area contributed by atoms with E-state index in [9.17, 15) is 14.1 Å². The van der Waals surface area contributed by atoms with Gasteiger partial charge in [-0.25, -0.2) is 4.98 Å². The minimum Gasteiger partial charge on any atom is -0.396 e. The lowest BCUT2D eigenvalue weighted by atomic mass is 9.98. The first-order valence-corrected chi connectivity index (χ1v) is 12.1. The van der Waals surface area contributed by atoms with Crippen LogP contribution in [0.15, 0.2) is 47.4 Å². The van der Waals surface area contributed by atoms with Crippen molar-refractivity contribution in [3.05, 3.63) is 63.0 Å². The van der Waals surface area contributed by atoms with Crippen LogP contribution in [0.2, 0.25) is 10.0 Å². The molecule has 0 saturated heterocycles. The molecule has 1 unspecified atom stereocenters. The van der Waals surface area contributed by atoms with Crippen molar-refractivity contribution in [3.8, 4) is 0 Å². The van der Waals surface area contributed by atoms with Gasteiger partial charge in [0.2, 0.25) is 5.78 Å². The molecule has 31 heavy (non-hydrogen) atoms. The van der Waals surface area contributed by atoms with E-state index in [-0.39, 0.29) is 32.9 Å². The molecule has 1 heterocycles. The number of nitrogens with one attached hydrogen (secondary N) is 1. The molecule has 0 aliphatic rings. The van der Waals surface area contributed by atoms with Crippen molar-refractivity contribution in [2.75, 3.05) is 23.4 Å². The van der Waals surface area contributed by atoms with Gasteiger partial charge in [-0.1, -0.05) is 54.5 Å². The summed E-state index contributed by atoms with van der Waals surface area (Å²) < 4.78 is 12.5. The van der Waals surface area contributed by atoms with Crippen LogP contribution >= 0.6 is 34.5 Å². The number of aliphatic hydroxyl groups is 1. The molecule has 0 bridgehead atoms. The lowest BCUT2D eigenvalue weighted by Gasteiger charge is -2.20. The van der Waals surface area contributed by atoms with Gasteiger partial charge in [0.25, 0.3) is 0 Å². The number of nitrogen functional groups attached to an aromatic ring is 1. The Balaban J connectivity index is 1.76. The third kappa shape index (κ3) is 5.64. The maximum Gasteiger partial charge on any atom is 0.209 e. The van der Waals surface area contributed by atoms with Crippen LogP contribution in [0.3, 0.4) is 0 Å². The maximum atomic E-state index is 12.9. The standard InChI is InChI=1S/C21H21Cl2N3O3S2/c1-21(2,10-27)11-31(29)13-8-6-12(7-9-13)25-20-26-19(24)18(30-20)17(28)16-14(22)4-3-5-15(16)23/h3-9,27H,10-11,24H2,1-2H3,(H,25,26). The number of nitrogens with zero attached hydrogens (tertiary/aromatic N) is 1. The number of carbonyl (C=O) groups is 1. The SMILES string of the molecule is CC(C)(CO)CS(=O)c1ccc(Nc2nc(N)c(C(=O)c3c(Cl)cccc3Cl)s2)cc1. The van der Waals surface area contributed by atoms with E-state index in [1.807, 2.05) is 13.8 Å². The Labute approximate surface area is 196 Å². The van der Waals surface area contributed by atoms with Crippen molar-refractivity contribution in [1.29, 1.82) is 0 Å². The summed E-state index contributed by atoms with van der Waals surface area (Å²) in [7, 11) is -1.23. The van der Waals surface area contributed by atoms with E-state index in [0.717, 1.165) is 11.3 Å². The molecule has 6 nitrogen and oxygen atoms in total. The Kier molecular flexibility index (Phi) is 7.39. The number of nitrogens with two attached hydrogens (primary N) is 1. The maximum absolute atomic E-state index is 12.9. The molecular formula is C21H21Cl2N3O3S2. The molecule has 0 radical (unpaired) electrons. The summed E-state index contributed by atoms with van der Waals surface area (Å²) in [4.78, 5) is 18.0. The molecule has 1 atom stereocenters. The van der Waals surface area contributed by atoms with E-state index in [1.54, 1.807) is 42.5 Å². The van der Waals surface area contributed by atoms with Crippen LogP contribution in [-0.4, -0.2) is 32.4 Å². The van der Waals surface area contributed by atoms with Gasteiger partial charge < -0.3 is 16.2 Å². The molecule has 0 fully saturated rings. The second kappa shape index (κ2) is 9.67. The number of halogens is 2. The summed E-state index contributed by atoms with van der Waals surface area (Å²) in [5, 5.41) is 13.4. The van der Waals surface area contributed by atoms with E-state index in [2.05, 4.69) is 10.3 Å². The van der Waals surface area contributed by atoms with E-state index in [0.29, 0.717) is 21.5 Å². The fourth-order valence-corrected chi connectivity index (χ4v) is 5.50. The molecule has 0 saturated carbocycles. The van der Waals surface area contributed by atoms with Crippen molar-refractivity contribution in [2.45, 2.75) is 18.7 Å². The number of ketones is 1. The second-order valence-corrected chi connectivity index (χ2v) is 10.9. The summed E-state index contributed by atoms with van der Waals surface area (Å²) in [5.74, 6) is 0.0448. The van der Waals surface area contributed by atoms with Crippen LogP contribution in [0.4, 0.5) is 16.6 Å². The predicted octanol–water partition coefficient (Wildman–Crippen LogP) is 5.13. The number of hydrogen-bond acceptors (Lipinski definition) is 7. The van der Waals surface area contributed by atoms with Crippen LogP contribution in [0.25, 0.3) is 0 Å². The molecule has 3 rings (SSSR count). The molecule has 0 aliphatic carbocycles. The molecule has 3 aromatic rings. The van der Waals surface area contributed by atoms with Gasteiger partial charge in [0, 0.05) is 22.9 Å². The highest BCUT2D eigenvalue weighted by Gasteiger charge is 2.23. The lowest BCUT2D eigenvalue weighted by molar-refractivity contribution is 0.104. The molecule has 164 valence electrons. The van der Waals surface area contributed by atoms with Gasteiger partial charge >= 0.3 is 0 Å². The topological polar surface area (TPSA) is 105 Å². The fraction of sp³-hybridized carbons (Fsp3) is 0.238. The second-order valence-electron chi connectivity index (χ2n) is 7.62. The first kappa shape index (κ1) is 23.7. The summed E-state index contributed by atoms with van der Waals surface area (Å²) in [5.41, 5.74) is 6.42. The molecule has 0 spiro atoms. The zero-order chi connectivity index (χ0) is 22.8. The number of benzene rings is 2. The van der Waals surface area contributed by atoms with Gasteiger partial charge in [0.1, 0.15) is 10.7 Å². The van der Waals surface area contributed by atoms with Gasteiger partial charge in [0.15, 0.2) is 5.13 Å². The van der Waals surface area contributed by atoms with Crippen molar-refractivity contribution in [1.82, 2.24) is 4.98 Å². The first-order chi connectivity index (χ1) is 14.6. The van der Waals surface area contributed by atoms with Gasteiger partial charge in [-0.15, -0.1) is 0 Å². The minimum absolute atomic E-state index is 0.0374. The minimum atomic E-state index is -1.23. The lowest BCUT2D eigenvalue weighted by Crippen LogP contribution is -2.24. The number of aliphatic hydroxyl groups excluding tert-OH is 1. The van der Waals surface area contributed by atoms with Crippen molar-refractivity contribution >= 4 is 67.8 Å². The highest BCUT2D eigenvalue weighted by Crippen LogP contribution is 2.34. The zero-order valence-corrected chi connectivity index (χ0v) is 20.0. The van der Waals surface area contributed by atoms with E-state index in [1.165, 1.54) is 0 Å². The zero-order valence-electron chi connectivity index (χ0n) is 16.8. The number of hydrogen-bond donors (Lipinski definition) is 3. The molecular weight excluding hydrogens is 477 g/mol. The van der Waals surface area contributed by atoms with Crippen molar-refractivity contribution in [2.24, 2.45) is 5.41 Å². The highest BCUT2D eigenvalue weighted by atomic mass is 35.5. The van der Waals surface area contributed by atoms with Crippen LogP contribution in [0.1, 0.15) is 29.1 Å². The Hall–Kier alpha value is -1.97. The summed E-state index contributed by atoms with van der Waals surface area (Å²) in [6.45, 7) is 3.69. The molecule has 10 heteroatoms. The quantitative estimate of drug-likeness (QED) is 0.372. The van der Waals surface area contributed by atoms with Crippen molar-refractivity contribution in [3.63, 3.8) is 0 Å². The van der Waals surface area contributed by atoms with E-state index in [4.69, 9.17) is 28.9 Å². The third-order valence-electron chi connectivity index (χ3n) is 4.37. The molecule has 4 N–H and O–H groups in total.